The average molecular weight is 343 g/mol. The molecule has 0 bridgehead atoms. The van der Waals surface area contributed by atoms with E-state index in [0.717, 1.165) is 0 Å². The first-order valence-corrected chi connectivity index (χ1v) is 7.35. The van der Waals surface area contributed by atoms with Gasteiger partial charge in [-0.15, -0.1) is 0 Å². The summed E-state index contributed by atoms with van der Waals surface area (Å²) in [4.78, 5) is 26.0. The molecule has 0 unspecified atom stereocenters. The summed E-state index contributed by atoms with van der Waals surface area (Å²) < 4.78 is 17.1. The molecule has 2 aromatic heterocycles. The van der Waals surface area contributed by atoms with Gasteiger partial charge in [0.15, 0.2) is 0 Å². The van der Waals surface area contributed by atoms with Crippen LogP contribution in [0.4, 0.5) is 15.9 Å². The Labute approximate surface area is 141 Å². The standard InChI is InChI=1S/C16H14FN5O3/c1-11-18-15(22(24)25)9-21(11)10-16(23)19-14-8-12(4-5-13(14)17)20-6-2-3-7-20/h2-9H,10H2,1H3,(H,19,23). The van der Waals surface area contributed by atoms with Gasteiger partial charge in [-0.1, -0.05) is 0 Å². The lowest BCUT2D eigenvalue weighted by Gasteiger charge is -2.10. The van der Waals surface area contributed by atoms with Gasteiger partial charge < -0.3 is 20.0 Å². The number of hydrogen-bond donors (Lipinski definition) is 1. The summed E-state index contributed by atoms with van der Waals surface area (Å²) in [5.41, 5.74) is 0.722. The molecule has 0 saturated heterocycles. The van der Waals surface area contributed by atoms with Crippen molar-refractivity contribution >= 4 is 17.4 Å². The second kappa shape index (κ2) is 6.56. The third-order valence-corrected chi connectivity index (χ3v) is 3.59. The molecule has 1 aromatic carbocycles. The minimum absolute atomic E-state index is 0.0310. The number of aryl methyl sites for hydroxylation is 1. The molecule has 25 heavy (non-hydrogen) atoms. The fourth-order valence-electron chi connectivity index (χ4n) is 2.36. The first-order chi connectivity index (χ1) is 11.9. The van der Waals surface area contributed by atoms with Gasteiger partial charge in [0.05, 0.1) is 5.69 Å². The highest BCUT2D eigenvalue weighted by Gasteiger charge is 2.17. The van der Waals surface area contributed by atoms with Crippen LogP contribution in [0.25, 0.3) is 5.69 Å². The van der Waals surface area contributed by atoms with Crippen molar-refractivity contribution in [2.75, 3.05) is 5.32 Å². The third kappa shape index (κ3) is 3.55. The van der Waals surface area contributed by atoms with E-state index in [1.807, 2.05) is 12.1 Å². The molecule has 0 atom stereocenters. The molecule has 0 radical (unpaired) electrons. The van der Waals surface area contributed by atoms with Crippen LogP contribution in [-0.4, -0.2) is 24.9 Å². The number of halogens is 1. The predicted octanol–water partition coefficient (Wildman–Crippen LogP) is 2.67. The average Bonchev–Trinajstić information content (AvgIpc) is 3.20. The van der Waals surface area contributed by atoms with E-state index in [-0.39, 0.29) is 18.1 Å². The van der Waals surface area contributed by atoms with Crippen molar-refractivity contribution in [1.29, 1.82) is 0 Å². The molecule has 8 nitrogen and oxygen atoms in total. The van der Waals surface area contributed by atoms with E-state index < -0.39 is 16.6 Å². The number of hydrogen-bond acceptors (Lipinski definition) is 4. The van der Waals surface area contributed by atoms with Crippen molar-refractivity contribution in [3.8, 4) is 5.69 Å². The van der Waals surface area contributed by atoms with Gasteiger partial charge in [0, 0.05) is 25.0 Å². The molecule has 1 amide bonds. The number of carbonyl (C=O) groups is 1. The number of carbonyl (C=O) groups excluding carboxylic acids is 1. The van der Waals surface area contributed by atoms with Crippen molar-refractivity contribution < 1.29 is 14.1 Å². The van der Waals surface area contributed by atoms with Crippen molar-refractivity contribution in [3.63, 3.8) is 0 Å². The normalized spacial score (nSPS) is 10.6. The third-order valence-electron chi connectivity index (χ3n) is 3.59. The molecule has 9 heteroatoms. The van der Waals surface area contributed by atoms with Crippen LogP contribution in [0.15, 0.2) is 48.9 Å². The number of aromatic nitrogens is 3. The van der Waals surface area contributed by atoms with Crippen LogP contribution in [0.1, 0.15) is 5.82 Å². The smallest absolute Gasteiger partial charge is 0.358 e. The maximum Gasteiger partial charge on any atom is 0.381 e. The summed E-state index contributed by atoms with van der Waals surface area (Å²) in [6.07, 6.45) is 4.77. The van der Waals surface area contributed by atoms with Crippen molar-refractivity contribution in [1.82, 2.24) is 14.1 Å². The summed E-state index contributed by atoms with van der Waals surface area (Å²) in [5.74, 6) is -1.11. The quantitative estimate of drug-likeness (QED) is 0.569. The van der Waals surface area contributed by atoms with Crippen LogP contribution in [0.5, 0.6) is 0 Å². The summed E-state index contributed by atoms with van der Waals surface area (Å²) in [6.45, 7) is 1.34. The number of nitro groups is 1. The Hall–Kier alpha value is -3.49. The van der Waals surface area contributed by atoms with Crippen LogP contribution in [0.3, 0.4) is 0 Å². The molecule has 0 aliphatic rings. The zero-order chi connectivity index (χ0) is 18.0. The summed E-state index contributed by atoms with van der Waals surface area (Å²) >= 11 is 0. The molecule has 0 aliphatic carbocycles. The van der Waals surface area contributed by atoms with Gasteiger partial charge in [0.2, 0.25) is 11.7 Å². The minimum Gasteiger partial charge on any atom is -0.358 e. The van der Waals surface area contributed by atoms with E-state index in [1.54, 1.807) is 30.0 Å². The van der Waals surface area contributed by atoms with Crippen molar-refractivity contribution in [2.24, 2.45) is 0 Å². The van der Waals surface area contributed by atoms with Gasteiger partial charge in [-0.3, -0.25) is 9.36 Å². The molecule has 0 aliphatic heterocycles. The predicted molar refractivity (Wildman–Crippen MR) is 88.0 cm³/mol. The lowest BCUT2D eigenvalue weighted by atomic mass is 10.2. The maximum atomic E-state index is 14.0. The van der Waals surface area contributed by atoms with Crippen molar-refractivity contribution in [3.05, 3.63) is 70.7 Å². The first-order valence-electron chi connectivity index (χ1n) is 7.35. The Morgan fingerprint density at radius 2 is 2.08 bits per heavy atom. The van der Waals surface area contributed by atoms with E-state index >= 15 is 0 Å². The van der Waals surface area contributed by atoms with E-state index in [4.69, 9.17) is 0 Å². The molecule has 0 saturated carbocycles. The van der Waals surface area contributed by atoms with Crippen molar-refractivity contribution in [2.45, 2.75) is 13.5 Å². The first kappa shape index (κ1) is 16.4. The van der Waals surface area contributed by atoms with Gasteiger partial charge in [-0.2, -0.15) is 0 Å². The largest absolute Gasteiger partial charge is 0.381 e. The van der Waals surface area contributed by atoms with Crippen LogP contribution < -0.4 is 5.32 Å². The summed E-state index contributed by atoms with van der Waals surface area (Å²) in [6, 6.07) is 8.02. The Kier molecular flexibility index (Phi) is 4.29. The second-order valence-electron chi connectivity index (χ2n) is 5.33. The number of anilines is 1. The SMILES string of the molecule is Cc1nc([N+](=O)[O-])cn1CC(=O)Nc1cc(-n2cccc2)ccc1F. The van der Waals surface area contributed by atoms with Crippen LogP contribution in [0.2, 0.25) is 0 Å². The highest BCUT2D eigenvalue weighted by Crippen LogP contribution is 2.19. The lowest BCUT2D eigenvalue weighted by Crippen LogP contribution is -2.19. The minimum atomic E-state index is -0.637. The van der Waals surface area contributed by atoms with E-state index in [2.05, 4.69) is 10.3 Å². The van der Waals surface area contributed by atoms with Gasteiger partial charge in [0.25, 0.3) is 0 Å². The second-order valence-corrected chi connectivity index (χ2v) is 5.33. The number of rotatable bonds is 5. The number of imidazole rings is 1. The lowest BCUT2D eigenvalue weighted by molar-refractivity contribution is -0.389. The highest BCUT2D eigenvalue weighted by atomic mass is 19.1. The van der Waals surface area contributed by atoms with Crippen LogP contribution in [0, 0.1) is 22.9 Å². The Bertz CT molecular complexity index is 933. The molecule has 2 heterocycles. The van der Waals surface area contributed by atoms with E-state index in [0.29, 0.717) is 11.5 Å². The maximum absolute atomic E-state index is 14.0. The number of nitrogens with zero attached hydrogens (tertiary/aromatic N) is 4. The fraction of sp³-hybridized carbons (Fsp3) is 0.125. The summed E-state index contributed by atoms with van der Waals surface area (Å²) in [5, 5.41) is 13.2. The zero-order valence-electron chi connectivity index (χ0n) is 13.2. The topological polar surface area (TPSA) is 95.0 Å². The molecule has 0 spiro atoms. The Balaban J connectivity index is 1.77. The Morgan fingerprint density at radius 3 is 2.72 bits per heavy atom. The monoisotopic (exact) mass is 343 g/mol. The van der Waals surface area contributed by atoms with Crippen LogP contribution >= 0.6 is 0 Å². The molecule has 128 valence electrons. The highest BCUT2D eigenvalue weighted by molar-refractivity contribution is 5.91. The molecule has 3 aromatic rings. The fourth-order valence-corrected chi connectivity index (χ4v) is 2.36. The van der Waals surface area contributed by atoms with E-state index in [9.17, 15) is 19.3 Å². The molecular weight excluding hydrogens is 329 g/mol. The number of amides is 1. The molecule has 0 fully saturated rings. The Morgan fingerprint density at radius 1 is 1.36 bits per heavy atom. The molecule has 3 rings (SSSR count). The number of nitrogens with one attached hydrogen (secondary N) is 1. The number of benzene rings is 1. The zero-order valence-corrected chi connectivity index (χ0v) is 13.2. The van der Waals surface area contributed by atoms with Crippen LogP contribution in [-0.2, 0) is 11.3 Å². The molecular formula is C16H14FN5O3. The van der Waals surface area contributed by atoms with Gasteiger partial charge in [-0.05, 0) is 40.2 Å². The van der Waals surface area contributed by atoms with Gasteiger partial charge >= 0.3 is 5.82 Å². The van der Waals surface area contributed by atoms with Gasteiger partial charge in [0.1, 0.15) is 18.6 Å². The van der Waals surface area contributed by atoms with E-state index in [1.165, 1.54) is 22.9 Å². The van der Waals surface area contributed by atoms with Gasteiger partial charge in [-0.25, -0.2) is 4.39 Å². The summed E-state index contributed by atoms with van der Waals surface area (Å²) in [7, 11) is 0. The molecule has 1 N–H and O–H groups in total.